The quantitative estimate of drug-likeness (QED) is 0.791. The lowest BCUT2D eigenvalue weighted by molar-refractivity contribution is 0.423. The summed E-state index contributed by atoms with van der Waals surface area (Å²) in [6.07, 6.45) is 6.28. The van der Waals surface area contributed by atoms with Gasteiger partial charge in [-0.2, -0.15) is 0 Å². The van der Waals surface area contributed by atoms with Gasteiger partial charge in [-0.15, -0.1) is 0 Å². The third-order valence-electron chi connectivity index (χ3n) is 5.33. The van der Waals surface area contributed by atoms with Crippen LogP contribution in [0.15, 0.2) is 24.3 Å². The van der Waals surface area contributed by atoms with E-state index in [-0.39, 0.29) is 6.04 Å². The van der Waals surface area contributed by atoms with Gasteiger partial charge in [0.2, 0.25) is 10.0 Å². The molecule has 102 valence electrons. The molecule has 3 aliphatic rings. The molecule has 1 aromatic carbocycles. The van der Waals surface area contributed by atoms with Gasteiger partial charge in [-0.3, -0.25) is 4.31 Å². The van der Waals surface area contributed by atoms with Crippen LogP contribution in [0.1, 0.15) is 37.2 Å². The van der Waals surface area contributed by atoms with Crippen molar-refractivity contribution in [2.24, 2.45) is 11.8 Å². The molecule has 0 bridgehead atoms. The maximum Gasteiger partial charge on any atom is 0.232 e. The molecule has 4 atom stereocenters. The molecule has 1 heterocycles. The monoisotopic (exact) mass is 277 g/mol. The van der Waals surface area contributed by atoms with Crippen molar-refractivity contribution < 1.29 is 8.42 Å². The zero-order chi connectivity index (χ0) is 13.2. The maximum absolute atomic E-state index is 12.2. The summed E-state index contributed by atoms with van der Waals surface area (Å²) in [6, 6.07) is 8.29. The van der Waals surface area contributed by atoms with Crippen LogP contribution in [-0.4, -0.2) is 20.7 Å². The lowest BCUT2D eigenvalue weighted by atomic mass is 9.86. The van der Waals surface area contributed by atoms with Crippen molar-refractivity contribution in [3.8, 4) is 0 Å². The highest BCUT2D eigenvalue weighted by atomic mass is 32.2. The SMILES string of the molecule is CS(=O)(=O)N1c2ccccc2C2C3CCCC3CC21. The largest absolute Gasteiger partial charge is 0.266 e. The molecule has 1 aliphatic heterocycles. The Bertz CT molecular complexity index is 625. The first-order chi connectivity index (χ1) is 9.07. The molecule has 1 aromatic rings. The number of fused-ring (bicyclic) bond motifs is 5. The highest BCUT2D eigenvalue weighted by molar-refractivity contribution is 7.92. The maximum atomic E-state index is 12.2. The first-order valence-corrected chi connectivity index (χ1v) is 9.00. The molecule has 0 N–H and O–H groups in total. The van der Waals surface area contributed by atoms with E-state index in [1.165, 1.54) is 31.1 Å². The van der Waals surface area contributed by atoms with Crippen LogP contribution >= 0.6 is 0 Å². The Morgan fingerprint density at radius 3 is 2.79 bits per heavy atom. The van der Waals surface area contributed by atoms with Crippen molar-refractivity contribution in [1.29, 1.82) is 0 Å². The minimum Gasteiger partial charge on any atom is -0.266 e. The summed E-state index contributed by atoms with van der Waals surface area (Å²) in [5.74, 6) is 1.89. The first kappa shape index (κ1) is 11.8. The number of rotatable bonds is 1. The standard InChI is InChI=1S/C15H19NO2S/c1-19(17,18)16-13-8-3-2-6-12(13)15-11-7-4-5-10(11)9-14(15)16/h2-3,6,8,10-11,14-15H,4-5,7,9H2,1H3. The Balaban J connectivity index is 1.88. The van der Waals surface area contributed by atoms with Crippen molar-refractivity contribution in [2.75, 3.05) is 10.6 Å². The van der Waals surface area contributed by atoms with E-state index in [1.807, 2.05) is 18.2 Å². The summed E-state index contributed by atoms with van der Waals surface area (Å²) in [5.41, 5.74) is 2.21. The molecule has 4 unspecified atom stereocenters. The molecule has 2 fully saturated rings. The van der Waals surface area contributed by atoms with E-state index < -0.39 is 10.0 Å². The van der Waals surface area contributed by atoms with Crippen molar-refractivity contribution in [2.45, 2.75) is 37.6 Å². The predicted octanol–water partition coefficient (Wildman–Crippen LogP) is 2.74. The van der Waals surface area contributed by atoms with Crippen LogP contribution in [0.25, 0.3) is 0 Å². The molecule has 0 spiro atoms. The second kappa shape index (κ2) is 3.75. The summed E-state index contributed by atoms with van der Waals surface area (Å²) in [5, 5.41) is 0. The summed E-state index contributed by atoms with van der Waals surface area (Å²) in [6.45, 7) is 0. The van der Waals surface area contributed by atoms with Crippen LogP contribution < -0.4 is 4.31 Å². The van der Waals surface area contributed by atoms with Gasteiger partial charge in [0.1, 0.15) is 0 Å². The normalized spacial score (nSPS) is 36.2. The fourth-order valence-corrected chi connectivity index (χ4v) is 6.06. The van der Waals surface area contributed by atoms with Crippen LogP contribution in [0.3, 0.4) is 0 Å². The number of nitrogens with zero attached hydrogens (tertiary/aromatic N) is 1. The molecule has 3 nitrogen and oxygen atoms in total. The average molecular weight is 277 g/mol. The minimum atomic E-state index is -3.17. The second-order valence-electron chi connectivity index (χ2n) is 6.30. The Kier molecular flexibility index (Phi) is 2.32. The third kappa shape index (κ3) is 1.52. The highest BCUT2D eigenvalue weighted by Gasteiger charge is 2.54. The average Bonchev–Trinajstić information content (AvgIpc) is 2.94. The lowest BCUT2D eigenvalue weighted by Gasteiger charge is -2.25. The topological polar surface area (TPSA) is 37.4 Å². The number of hydrogen-bond acceptors (Lipinski definition) is 2. The van der Waals surface area contributed by atoms with E-state index in [1.54, 1.807) is 4.31 Å². The van der Waals surface area contributed by atoms with Gasteiger partial charge in [0.15, 0.2) is 0 Å². The van der Waals surface area contributed by atoms with Crippen LogP contribution in [-0.2, 0) is 10.0 Å². The summed E-state index contributed by atoms with van der Waals surface area (Å²) < 4.78 is 26.1. The Hall–Kier alpha value is -1.03. The predicted molar refractivity (Wildman–Crippen MR) is 75.7 cm³/mol. The number of anilines is 1. The van der Waals surface area contributed by atoms with Gasteiger partial charge < -0.3 is 0 Å². The van der Waals surface area contributed by atoms with Crippen LogP contribution in [0, 0.1) is 11.8 Å². The van der Waals surface area contributed by atoms with Crippen molar-refractivity contribution in [3.63, 3.8) is 0 Å². The summed E-state index contributed by atoms with van der Waals surface area (Å²) >= 11 is 0. The van der Waals surface area contributed by atoms with Gasteiger partial charge in [0.25, 0.3) is 0 Å². The highest BCUT2D eigenvalue weighted by Crippen LogP contribution is 2.59. The Morgan fingerprint density at radius 1 is 1.21 bits per heavy atom. The Labute approximate surface area is 114 Å². The van der Waals surface area contributed by atoms with E-state index in [4.69, 9.17) is 0 Å². The summed E-state index contributed by atoms with van der Waals surface area (Å²) in [4.78, 5) is 0. The fourth-order valence-electron chi connectivity index (χ4n) is 4.83. The van der Waals surface area contributed by atoms with Gasteiger partial charge in [0, 0.05) is 5.92 Å². The van der Waals surface area contributed by atoms with Crippen molar-refractivity contribution in [3.05, 3.63) is 29.8 Å². The third-order valence-corrected chi connectivity index (χ3v) is 6.51. The van der Waals surface area contributed by atoms with Gasteiger partial charge >= 0.3 is 0 Å². The van der Waals surface area contributed by atoms with Crippen LogP contribution in [0.2, 0.25) is 0 Å². The number of para-hydroxylation sites is 1. The molecular weight excluding hydrogens is 258 g/mol. The molecular formula is C15H19NO2S. The van der Waals surface area contributed by atoms with Crippen molar-refractivity contribution >= 4 is 15.7 Å². The lowest BCUT2D eigenvalue weighted by Crippen LogP contribution is -2.37. The van der Waals surface area contributed by atoms with Gasteiger partial charge in [-0.05, 0) is 36.3 Å². The zero-order valence-corrected chi connectivity index (χ0v) is 11.9. The molecule has 0 saturated heterocycles. The second-order valence-corrected chi connectivity index (χ2v) is 8.16. The fraction of sp³-hybridized carbons (Fsp3) is 0.600. The first-order valence-electron chi connectivity index (χ1n) is 7.15. The number of benzene rings is 1. The molecule has 4 rings (SSSR count). The molecule has 2 saturated carbocycles. The molecule has 0 amide bonds. The van der Waals surface area contributed by atoms with E-state index in [0.29, 0.717) is 11.8 Å². The van der Waals surface area contributed by atoms with Gasteiger partial charge in [-0.25, -0.2) is 8.42 Å². The molecule has 0 radical (unpaired) electrons. The Morgan fingerprint density at radius 2 is 2.00 bits per heavy atom. The molecule has 4 heteroatoms. The van der Waals surface area contributed by atoms with E-state index in [2.05, 4.69) is 6.07 Å². The van der Waals surface area contributed by atoms with E-state index in [9.17, 15) is 8.42 Å². The van der Waals surface area contributed by atoms with Crippen LogP contribution in [0.4, 0.5) is 5.69 Å². The summed E-state index contributed by atoms with van der Waals surface area (Å²) in [7, 11) is -3.17. The molecule has 2 aliphatic carbocycles. The minimum absolute atomic E-state index is 0.183. The molecule has 19 heavy (non-hydrogen) atoms. The smallest absolute Gasteiger partial charge is 0.232 e. The van der Waals surface area contributed by atoms with Crippen LogP contribution in [0.5, 0.6) is 0 Å². The van der Waals surface area contributed by atoms with Crippen molar-refractivity contribution in [1.82, 2.24) is 0 Å². The molecule has 0 aromatic heterocycles. The van der Waals surface area contributed by atoms with Gasteiger partial charge in [0.05, 0.1) is 18.0 Å². The zero-order valence-electron chi connectivity index (χ0n) is 11.1. The van der Waals surface area contributed by atoms with E-state index in [0.717, 1.165) is 18.0 Å². The van der Waals surface area contributed by atoms with E-state index >= 15 is 0 Å². The number of sulfonamides is 1. The van der Waals surface area contributed by atoms with Gasteiger partial charge in [-0.1, -0.05) is 31.0 Å². The number of hydrogen-bond donors (Lipinski definition) is 0.